The molecule has 0 bridgehead atoms. The van der Waals surface area contributed by atoms with Gasteiger partial charge in [0.25, 0.3) is 11.6 Å². The van der Waals surface area contributed by atoms with Gasteiger partial charge in [0.05, 0.1) is 16.6 Å². The summed E-state index contributed by atoms with van der Waals surface area (Å²) in [6.45, 7) is 0.0294. The molecule has 0 aliphatic heterocycles. The lowest BCUT2D eigenvalue weighted by molar-refractivity contribution is -0.384. The van der Waals surface area contributed by atoms with E-state index in [0.717, 1.165) is 0 Å². The molecular weight excluding hydrogens is 399 g/mol. The average Bonchev–Trinajstić information content (AvgIpc) is 2.53. The van der Waals surface area contributed by atoms with Gasteiger partial charge in [-0.05, 0) is 34.2 Å². The van der Waals surface area contributed by atoms with E-state index in [-0.39, 0.29) is 17.8 Å². The Morgan fingerprint density at radius 2 is 1.95 bits per heavy atom. The molecule has 0 saturated carbocycles. The molecule has 0 aliphatic carbocycles. The SMILES string of the molecule is O=C(NCC(O)c1ccccc1)c1cc([N+](=O)[O-])ccc1I. The number of nitrogens with one attached hydrogen (secondary N) is 1. The van der Waals surface area contributed by atoms with Crippen LogP contribution in [0, 0.1) is 13.7 Å². The van der Waals surface area contributed by atoms with Crippen molar-refractivity contribution in [3.63, 3.8) is 0 Å². The Bertz CT molecular complexity index is 691. The number of nitrogens with zero attached hydrogens (tertiary/aromatic N) is 1. The van der Waals surface area contributed by atoms with Gasteiger partial charge in [-0.15, -0.1) is 0 Å². The Morgan fingerprint density at radius 1 is 1.27 bits per heavy atom. The number of nitro groups is 1. The van der Waals surface area contributed by atoms with Crippen molar-refractivity contribution in [1.29, 1.82) is 0 Å². The standard InChI is InChI=1S/C15H13IN2O4/c16-13-7-6-11(18(21)22)8-12(13)15(20)17-9-14(19)10-4-2-1-3-5-10/h1-8,14,19H,9H2,(H,17,20). The molecular formula is C15H13IN2O4. The van der Waals surface area contributed by atoms with E-state index in [1.807, 2.05) is 28.7 Å². The average molecular weight is 412 g/mol. The van der Waals surface area contributed by atoms with Crippen molar-refractivity contribution in [2.45, 2.75) is 6.10 Å². The van der Waals surface area contributed by atoms with Crippen molar-refractivity contribution in [3.8, 4) is 0 Å². The number of carbonyl (C=O) groups excluding carboxylic acids is 1. The number of amides is 1. The van der Waals surface area contributed by atoms with Gasteiger partial charge in [-0.3, -0.25) is 14.9 Å². The summed E-state index contributed by atoms with van der Waals surface area (Å²) in [5.41, 5.74) is 0.765. The number of carbonyl (C=O) groups is 1. The second-order valence-corrected chi connectivity index (χ2v) is 5.72. The van der Waals surface area contributed by atoms with Crippen molar-refractivity contribution in [2.75, 3.05) is 6.54 Å². The van der Waals surface area contributed by atoms with E-state index < -0.39 is 16.9 Å². The molecule has 2 aromatic rings. The molecule has 0 aliphatic rings. The molecule has 1 atom stereocenters. The number of aliphatic hydroxyl groups is 1. The molecule has 1 unspecified atom stereocenters. The first kappa shape index (κ1) is 16.4. The smallest absolute Gasteiger partial charge is 0.270 e. The number of non-ortho nitro benzene ring substituents is 1. The number of halogens is 1. The minimum absolute atomic E-state index is 0.0294. The van der Waals surface area contributed by atoms with Gasteiger partial charge in [0.1, 0.15) is 0 Å². The highest BCUT2D eigenvalue weighted by Gasteiger charge is 2.16. The van der Waals surface area contributed by atoms with Gasteiger partial charge in [-0.25, -0.2) is 0 Å². The normalized spacial score (nSPS) is 11.7. The number of rotatable bonds is 5. The Kier molecular flexibility index (Phi) is 5.45. The van der Waals surface area contributed by atoms with Gasteiger partial charge in [0.2, 0.25) is 0 Å². The van der Waals surface area contributed by atoms with E-state index in [0.29, 0.717) is 9.13 Å². The molecule has 114 valence electrons. The molecule has 0 radical (unpaired) electrons. The van der Waals surface area contributed by atoms with E-state index in [2.05, 4.69) is 5.32 Å². The third-order valence-corrected chi connectivity index (χ3v) is 3.99. The largest absolute Gasteiger partial charge is 0.387 e. The van der Waals surface area contributed by atoms with Crippen LogP contribution < -0.4 is 5.32 Å². The van der Waals surface area contributed by atoms with Crippen LogP contribution in [-0.4, -0.2) is 22.5 Å². The van der Waals surface area contributed by atoms with Crippen molar-refractivity contribution >= 4 is 34.2 Å². The first-order chi connectivity index (χ1) is 10.5. The number of aliphatic hydroxyl groups excluding tert-OH is 1. The molecule has 2 rings (SSSR count). The fourth-order valence-electron chi connectivity index (χ4n) is 1.88. The molecule has 7 heteroatoms. The van der Waals surface area contributed by atoms with Gasteiger partial charge >= 0.3 is 0 Å². The minimum Gasteiger partial charge on any atom is -0.387 e. The van der Waals surface area contributed by atoms with E-state index in [9.17, 15) is 20.0 Å². The number of nitro benzene ring substituents is 1. The Labute approximate surface area is 140 Å². The van der Waals surface area contributed by atoms with Crippen LogP contribution in [-0.2, 0) is 0 Å². The maximum atomic E-state index is 12.1. The summed E-state index contributed by atoms with van der Waals surface area (Å²) in [6.07, 6.45) is -0.832. The predicted molar refractivity (Wildman–Crippen MR) is 89.5 cm³/mol. The summed E-state index contributed by atoms with van der Waals surface area (Å²) in [4.78, 5) is 22.3. The molecule has 0 heterocycles. The fourth-order valence-corrected chi connectivity index (χ4v) is 2.46. The fraction of sp³-hybridized carbons (Fsp3) is 0.133. The first-order valence-electron chi connectivity index (χ1n) is 6.44. The van der Waals surface area contributed by atoms with E-state index in [1.165, 1.54) is 18.2 Å². The summed E-state index contributed by atoms with van der Waals surface area (Å²) in [5.74, 6) is -0.455. The highest BCUT2D eigenvalue weighted by atomic mass is 127. The monoisotopic (exact) mass is 412 g/mol. The van der Waals surface area contributed by atoms with Crippen LogP contribution >= 0.6 is 22.6 Å². The summed E-state index contributed by atoms with van der Waals surface area (Å²) >= 11 is 1.94. The van der Waals surface area contributed by atoms with Gasteiger partial charge in [-0.1, -0.05) is 30.3 Å². The van der Waals surface area contributed by atoms with Crippen LogP contribution in [0.4, 0.5) is 5.69 Å². The highest BCUT2D eigenvalue weighted by Crippen LogP contribution is 2.20. The topological polar surface area (TPSA) is 92.5 Å². The van der Waals surface area contributed by atoms with Crippen LogP contribution in [0.3, 0.4) is 0 Å². The second kappa shape index (κ2) is 7.32. The Hall–Kier alpha value is -2.00. The number of benzene rings is 2. The van der Waals surface area contributed by atoms with Crippen LogP contribution in [0.2, 0.25) is 0 Å². The zero-order valence-corrected chi connectivity index (χ0v) is 13.6. The summed E-state index contributed by atoms with van der Waals surface area (Å²) in [7, 11) is 0. The van der Waals surface area contributed by atoms with Crippen molar-refractivity contribution < 1.29 is 14.8 Å². The quantitative estimate of drug-likeness (QED) is 0.449. The lowest BCUT2D eigenvalue weighted by Gasteiger charge is -2.12. The lowest BCUT2D eigenvalue weighted by atomic mass is 10.1. The summed E-state index contributed by atoms with van der Waals surface area (Å²) in [6, 6.07) is 13.0. The van der Waals surface area contributed by atoms with Gasteiger partial charge in [-0.2, -0.15) is 0 Å². The molecule has 0 aromatic heterocycles. The van der Waals surface area contributed by atoms with Crippen molar-refractivity contribution in [3.05, 3.63) is 73.3 Å². The van der Waals surface area contributed by atoms with Crippen LogP contribution in [0.25, 0.3) is 0 Å². The van der Waals surface area contributed by atoms with E-state index in [4.69, 9.17) is 0 Å². The zero-order chi connectivity index (χ0) is 16.1. The maximum Gasteiger partial charge on any atom is 0.270 e. The number of hydrogen-bond donors (Lipinski definition) is 2. The lowest BCUT2D eigenvalue weighted by Crippen LogP contribution is -2.29. The Morgan fingerprint density at radius 3 is 2.59 bits per heavy atom. The maximum absolute atomic E-state index is 12.1. The molecule has 0 saturated heterocycles. The first-order valence-corrected chi connectivity index (χ1v) is 7.52. The predicted octanol–water partition coefficient (Wildman–Crippen LogP) is 2.66. The van der Waals surface area contributed by atoms with Crippen LogP contribution in [0.5, 0.6) is 0 Å². The third-order valence-electron chi connectivity index (χ3n) is 3.05. The van der Waals surface area contributed by atoms with Crippen LogP contribution in [0.1, 0.15) is 22.0 Å². The van der Waals surface area contributed by atoms with Crippen molar-refractivity contribution in [2.24, 2.45) is 0 Å². The van der Waals surface area contributed by atoms with Gasteiger partial charge < -0.3 is 10.4 Å². The molecule has 22 heavy (non-hydrogen) atoms. The van der Waals surface area contributed by atoms with Crippen molar-refractivity contribution in [1.82, 2.24) is 5.32 Å². The molecule has 1 amide bonds. The molecule has 6 nitrogen and oxygen atoms in total. The van der Waals surface area contributed by atoms with Gasteiger partial charge in [0.15, 0.2) is 0 Å². The molecule has 2 N–H and O–H groups in total. The molecule has 0 fully saturated rings. The highest BCUT2D eigenvalue weighted by molar-refractivity contribution is 14.1. The zero-order valence-electron chi connectivity index (χ0n) is 11.4. The third kappa shape index (κ3) is 4.01. The Balaban J connectivity index is 2.06. The molecule has 2 aromatic carbocycles. The van der Waals surface area contributed by atoms with Gasteiger partial charge in [0, 0.05) is 22.2 Å². The summed E-state index contributed by atoms with van der Waals surface area (Å²) < 4.78 is 0.606. The minimum atomic E-state index is -0.832. The van der Waals surface area contributed by atoms with E-state index >= 15 is 0 Å². The number of hydrogen-bond acceptors (Lipinski definition) is 4. The summed E-state index contributed by atoms with van der Waals surface area (Å²) in [5, 5.41) is 23.4. The van der Waals surface area contributed by atoms with E-state index in [1.54, 1.807) is 24.3 Å². The second-order valence-electron chi connectivity index (χ2n) is 4.56. The molecule has 0 spiro atoms. The van der Waals surface area contributed by atoms with Crippen LogP contribution in [0.15, 0.2) is 48.5 Å².